The van der Waals surface area contributed by atoms with Gasteiger partial charge in [0.05, 0.1) is 11.6 Å². The Morgan fingerprint density at radius 1 is 0.603 bits per heavy atom. The molecule has 0 amide bonds. The molecule has 7 nitrogen and oxygen atoms in total. The van der Waals surface area contributed by atoms with Crippen LogP contribution in [0.1, 0.15) is 90.3 Å². The lowest BCUT2D eigenvalue weighted by molar-refractivity contribution is 0.338. The molecule has 5 atom stereocenters. The maximum absolute atomic E-state index is 7.29. The molecule has 0 bridgehead atoms. The summed E-state index contributed by atoms with van der Waals surface area (Å²) >= 11 is 0. The Hall–Kier alpha value is -7.35. The number of hydrogen-bond donors (Lipinski definition) is 3. The smallest absolute Gasteiger partial charge is 0.169 e. The molecule has 0 saturated heterocycles. The molecular weight excluding hydrogens is 833 g/mol. The molecule has 6 aromatic carbocycles. The molecule has 5 unspecified atom stereocenters. The Bertz CT molecular complexity index is 3130. The lowest BCUT2D eigenvalue weighted by atomic mass is 9.65. The quantitative estimate of drug-likeness (QED) is 0.139. The molecule has 3 heterocycles. The summed E-state index contributed by atoms with van der Waals surface area (Å²) in [6.07, 6.45) is 19.8. The standard InChI is InChI=1S/C61H54N6O/c1-5-20-39(21-6-1)55-62-56(40-22-7-2-8-23-40)65-59(64-55)44-36-43(37-45(38-44)60-66-57(41-24-9-3-10-25-41)63-58(67-60)42-26-11-4-12-27-42)46-30-19-34-52-54(46)68-53-35-18-17-33-51(53)61(52)49-31-15-13-28-47(49)48-29-14-16-32-50(48)61/h1,3,5-7,9-10,13-22,24-26,28-36,38,40,45,58-60,67H,2,4,8,11-12,23,27,37H2,(H,63,66)(H,62,64,65). The van der Waals surface area contributed by atoms with Gasteiger partial charge in [-0.25, -0.2) is 15.0 Å². The summed E-state index contributed by atoms with van der Waals surface area (Å²) < 4.78 is 7.29. The van der Waals surface area contributed by atoms with E-state index in [1.54, 1.807) is 0 Å². The van der Waals surface area contributed by atoms with Gasteiger partial charge in [-0.15, -0.1) is 0 Å². The molecule has 7 aliphatic rings. The zero-order valence-electron chi connectivity index (χ0n) is 38.1. The predicted molar refractivity (Wildman–Crippen MR) is 275 cm³/mol. The van der Waals surface area contributed by atoms with Crippen LogP contribution in [0.5, 0.6) is 11.5 Å². The minimum absolute atomic E-state index is 0.00184. The minimum Gasteiger partial charge on any atom is -0.456 e. The zero-order chi connectivity index (χ0) is 45.0. The highest BCUT2D eigenvalue weighted by Gasteiger charge is 2.51. The first kappa shape index (κ1) is 40.9. The highest BCUT2D eigenvalue weighted by molar-refractivity contribution is 6.11. The number of amidine groups is 3. The third-order valence-electron chi connectivity index (χ3n) is 15.2. The third kappa shape index (κ3) is 6.94. The van der Waals surface area contributed by atoms with Crippen LogP contribution in [0.25, 0.3) is 16.7 Å². The fourth-order valence-electron chi connectivity index (χ4n) is 12.0. The largest absolute Gasteiger partial charge is 0.456 e. The number of fused-ring (bicyclic) bond motifs is 9. The molecule has 0 aromatic heterocycles. The van der Waals surface area contributed by atoms with Crippen LogP contribution in [0.3, 0.4) is 0 Å². The van der Waals surface area contributed by atoms with E-state index in [2.05, 4.69) is 198 Å². The second-order valence-corrected chi connectivity index (χ2v) is 19.2. The van der Waals surface area contributed by atoms with Crippen molar-refractivity contribution < 1.29 is 4.74 Å². The van der Waals surface area contributed by atoms with Crippen molar-refractivity contribution in [1.82, 2.24) is 16.0 Å². The van der Waals surface area contributed by atoms with E-state index in [-0.39, 0.29) is 24.2 Å². The highest BCUT2D eigenvalue weighted by Crippen LogP contribution is 2.63. The molecule has 334 valence electrons. The number of nitrogens with zero attached hydrogens (tertiary/aromatic N) is 3. The molecule has 0 fully saturated rings. The Labute approximate surface area is 398 Å². The summed E-state index contributed by atoms with van der Waals surface area (Å²) in [7, 11) is 0. The van der Waals surface area contributed by atoms with Crippen LogP contribution in [0, 0.1) is 11.8 Å². The van der Waals surface area contributed by atoms with Gasteiger partial charge in [0, 0.05) is 39.7 Å². The van der Waals surface area contributed by atoms with Gasteiger partial charge in [0.25, 0.3) is 0 Å². The summed E-state index contributed by atoms with van der Waals surface area (Å²) in [5.74, 6) is 4.74. The van der Waals surface area contributed by atoms with Gasteiger partial charge < -0.3 is 15.4 Å². The number of para-hydroxylation sites is 2. The fraction of sp³-hybridized carbons (Fsp3) is 0.230. The predicted octanol–water partition coefficient (Wildman–Crippen LogP) is 12.4. The normalized spacial score (nSPS) is 24.1. The van der Waals surface area contributed by atoms with E-state index in [4.69, 9.17) is 19.7 Å². The van der Waals surface area contributed by atoms with Gasteiger partial charge >= 0.3 is 0 Å². The van der Waals surface area contributed by atoms with Gasteiger partial charge in [-0.1, -0.05) is 176 Å². The van der Waals surface area contributed by atoms with E-state index >= 15 is 0 Å². The molecule has 3 aliphatic heterocycles. The number of aliphatic imine (C=N–C) groups is 3. The Morgan fingerprint density at radius 2 is 1.29 bits per heavy atom. The van der Waals surface area contributed by atoms with Crippen LogP contribution in [0.4, 0.5) is 0 Å². The number of rotatable bonds is 7. The average Bonchev–Trinajstić information content (AvgIpc) is 3.71. The molecule has 4 aliphatic carbocycles. The van der Waals surface area contributed by atoms with E-state index in [1.807, 2.05) is 0 Å². The first-order valence-electron chi connectivity index (χ1n) is 24.7. The van der Waals surface area contributed by atoms with Crippen LogP contribution < -0.4 is 20.7 Å². The van der Waals surface area contributed by atoms with E-state index in [9.17, 15) is 0 Å². The van der Waals surface area contributed by atoms with E-state index in [1.165, 1.54) is 51.8 Å². The van der Waals surface area contributed by atoms with Crippen molar-refractivity contribution in [2.45, 2.75) is 75.3 Å². The summed E-state index contributed by atoms with van der Waals surface area (Å²) in [5, 5.41) is 11.7. The van der Waals surface area contributed by atoms with Crippen molar-refractivity contribution in [2.24, 2.45) is 26.8 Å². The lowest BCUT2D eigenvalue weighted by Gasteiger charge is -2.41. The first-order chi connectivity index (χ1) is 33.7. The van der Waals surface area contributed by atoms with Crippen molar-refractivity contribution in [3.8, 4) is 22.6 Å². The summed E-state index contributed by atoms with van der Waals surface area (Å²) in [6, 6.07) is 54.6. The monoisotopic (exact) mass is 886 g/mol. The molecule has 3 N–H and O–H groups in total. The lowest BCUT2D eigenvalue weighted by Crippen LogP contribution is -2.58. The fourth-order valence-corrected chi connectivity index (χ4v) is 12.0. The molecule has 68 heavy (non-hydrogen) atoms. The number of nitrogens with one attached hydrogen (secondary N) is 3. The molecule has 0 saturated carbocycles. The third-order valence-corrected chi connectivity index (χ3v) is 15.2. The van der Waals surface area contributed by atoms with E-state index in [0.29, 0.717) is 0 Å². The van der Waals surface area contributed by atoms with Crippen LogP contribution >= 0.6 is 0 Å². The second kappa shape index (κ2) is 17.1. The van der Waals surface area contributed by atoms with Crippen LogP contribution in [-0.4, -0.2) is 36.0 Å². The van der Waals surface area contributed by atoms with Gasteiger partial charge in [0.1, 0.15) is 35.2 Å². The topological polar surface area (TPSA) is 82.4 Å². The molecular formula is C61H54N6O. The zero-order valence-corrected chi connectivity index (χ0v) is 38.1. The number of ether oxygens (including phenoxy) is 1. The molecule has 7 heteroatoms. The van der Waals surface area contributed by atoms with Gasteiger partial charge in [-0.2, -0.15) is 0 Å². The van der Waals surface area contributed by atoms with Crippen molar-refractivity contribution in [3.05, 3.63) is 232 Å². The average molecular weight is 887 g/mol. The Kier molecular flexibility index (Phi) is 10.3. The van der Waals surface area contributed by atoms with Gasteiger partial charge in [-0.3, -0.25) is 5.32 Å². The van der Waals surface area contributed by atoms with E-state index < -0.39 is 11.6 Å². The molecule has 1 spiro atoms. The first-order valence-corrected chi connectivity index (χ1v) is 24.7. The maximum Gasteiger partial charge on any atom is 0.169 e. The Morgan fingerprint density at radius 3 is 2.03 bits per heavy atom. The number of allylic oxidation sites excluding steroid dienone is 3. The maximum atomic E-state index is 7.29. The molecule has 6 aromatic rings. The summed E-state index contributed by atoms with van der Waals surface area (Å²) in [5.41, 5.74) is 13.8. The van der Waals surface area contributed by atoms with Gasteiger partial charge in [-0.05, 0) is 96.4 Å². The molecule has 0 radical (unpaired) electrons. The van der Waals surface area contributed by atoms with Gasteiger partial charge in [0.2, 0.25) is 0 Å². The highest BCUT2D eigenvalue weighted by atomic mass is 16.5. The Balaban J connectivity index is 0.991. The van der Waals surface area contributed by atoms with Gasteiger partial charge in [0.15, 0.2) is 6.17 Å². The molecule has 13 rings (SSSR count). The van der Waals surface area contributed by atoms with Crippen molar-refractivity contribution >= 4 is 23.1 Å². The van der Waals surface area contributed by atoms with Crippen LogP contribution in [0.2, 0.25) is 0 Å². The summed E-state index contributed by atoms with van der Waals surface area (Å²) in [4.78, 5) is 16.4. The summed E-state index contributed by atoms with van der Waals surface area (Å²) in [6.45, 7) is 0. The number of benzene rings is 6. The van der Waals surface area contributed by atoms with Crippen LogP contribution in [0.15, 0.2) is 208 Å². The van der Waals surface area contributed by atoms with E-state index in [0.717, 1.165) is 95.4 Å². The van der Waals surface area contributed by atoms with Crippen LogP contribution in [-0.2, 0) is 5.41 Å². The SMILES string of the molecule is C1=CC(C2=NC(C3=CC(C4NC(c5ccccc5)=NC(C5=CCCCC5)N4)CC(c4cccc5c4Oc4ccccc4C54c5ccccc5-c5ccccc54)=C3)N=C(c3ccccc3)N2)CCC1. The number of hydrogen-bond acceptors (Lipinski definition) is 7. The second-order valence-electron chi connectivity index (χ2n) is 19.2. The van der Waals surface area contributed by atoms with Crippen molar-refractivity contribution in [2.75, 3.05) is 0 Å². The minimum atomic E-state index is -0.564. The van der Waals surface area contributed by atoms with Crippen molar-refractivity contribution in [1.29, 1.82) is 0 Å². The van der Waals surface area contributed by atoms with Crippen molar-refractivity contribution in [3.63, 3.8) is 0 Å².